The summed E-state index contributed by atoms with van der Waals surface area (Å²) in [6.07, 6.45) is 3.89. The molecule has 0 amide bonds. The summed E-state index contributed by atoms with van der Waals surface area (Å²) < 4.78 is 17.4. The van der Waals surface area contributed by atoms with Crippen molar-refractivity contribution in [3.05, 3.63) is 35.2 Å². The zero-order valence-corrected chi connectivity index (χ0v) is 14.5. The van der Waals surface area contributed by atoms with Crippen molar-refractivity contribution in [2.24, 2.45) is 5.92 Å². The molecule has 0 saturated carbocycles. The van der Waals surface area contributed by atoms with Crippen LogP contribution in [0.3, 0.4) is 0 Å². The monoisotopic (exact) mass is 329 g/mol. The zero-order chi connectivity index (χ0) is 15.4. The molecule has 0 atom stereocenters. The van der Waals surface area contributed by atoms with Crippen LogP contribution in [0.15, 0.2) is 12.4 Å². The second kappa shape index (κ2) is 8.29. The number of aromatic nitrogens is 4. The predicted octanol–water partition coefficient (Wildman–Crippen LogP) is 2.91. The Bertz CT molecular complexity index is 591. The standard InChI is InChI=1S/C15H24FN5.ClH/c1-5-21-15(16)14(12(4)19-21)8-17-6-13-7-18-20(10-13)9-11(2)3;/h7,10-11,17H,5-6,8-9H2,1-4H3;1H. The molecule has 2 aromatic heterocycles. The molecule has 2 rings (SSSR count). The Labute approximate surface area is 137 Å². The van der Waals surface area contributed by atoms with Crippen LogP contribution in [-0.2, 0) is 26.2 Å². The van der Waals surface area contributed by atoms with Gasteiger partial charge in [0.25, 0.3) is 0 Å². The summed E-state index contributed by atoms with van der Waals surface area (Å²) in [6, 6.07) is 0. The van der Waals surface area contributed by atoms with E-state index in [1.165, 1.54) is 4.68 Å². The third-order valence-corrected chi connectivity index (χ3v) is 3.35. The van der Waals surface area contributed by atoms with Gasteiger partial charge in [-0.15, -0.1) is 12.4 Å². The van der Waals surface area contributed by atoms with Crippen LogP contribution in [0.25, 0.3) is 0 Å². The Morgan fingerprint density at radius 1 is 1.32 bits per heavy atom. The van der Waals surface area contributed by atoms with Gasteiger partial charge in [-0.2, -0.15) is 14.6 Å². The van der Waals surface area contributed by atoms with Gasteiger partial charge in [-0.1, -0.05) is 13.8 Å². The minimum absolute atomic E-state index is 0. The van der Waals surface area contributed by atoms with Gasteiger partial charge in [0, 0.05) is 43.5 Å². The Balaban J connectivity index is 0.00000242. The molecule has 7 heteroatoms. The molecule has 1 N–H and O–H groups in total. The fourth-order valence-electron chi connectivity index (χ4n) is 2.30. The van der Waals surface area contributed by atoms with Gasteiger partial charge in [-0.3, -0.25) is 4.68 Å². The smallest absolute Gasteiger partial charge is 0.216 e. The van der Waals surface area contributed by atoms with E-state index in [9.17, 15) is 4.39 Å². The van der Waals surface area contributed by atoms with Crippen LogP contribution in [-0.4, -0.2) is 19.6 Å². The lowest BCUT2D eigenvalue weighted by atomic mass is 10.2. The number of aryl methyl sites for hydroxylation is 2. The highest BCUT2D eigenvalue weighted by atomic mass is 35.5. The van der Waals surface area contributed by atoms with Crippen molar-refractivity contribution in [1.82, 2.24) is 24.9 Å². The first-order chi connectivity index (χ1) is 10.0. The Morgan fingerprint density at radius 2 is 2.05 bits per heavy atom. The van der Waals surface area contributed by atoms with Crippen LogP contribution >= 0.6 is 12.4 Å². The van der Waals surface area contributed by atoms with Crippen LogP contribution in [0.1, 0.15) is 37.6 Å². The fraction of sp³-hybridized carbons (Fsp3) is 0.600. The number of hydrogen-bond acceptors (Lipinski definition) is 3. The molecular weight excluding hydrogens is 305 g/mol. The van der Waals surface area contributed by atoms with Crippen molar-refractivity contribution in [3.63, 3.8) is 0 Å². The van der Waals surface area contributed by atoms with E-state index in [2.05, 4.69) is 29.4 Å². The molecule has 2 aromatic rings. The first-order valence-corrected chi connectivity index (χ1v) is 7.45. The summed E-state index contributed by atoms with van der Waals surface area (Å²) in [5.41, 5.74) is 2.50. The first kappa shape index (κ1) is 18.6. The van der Waals surface area contributed by atoms with Gasteiger partial charge in [0.2, 0.25) is 5.95 Å². The molecule has 0 aliphatic rings. The molecule has 0 radical (unpaired) electrons. The lowest BCUT2D eigenvalue weighted by Gasteiger charge is -2.04. The van der Waals surface area contributed by atoms with E-state index in [1.54, 1.807) is 0 Å². The molecule has 0 saturated heterocycles. The van der Waals surface area contributed by atoms with Crippen molar-refractivity contribution in [1.29, 1.82) is 0 Å². The number of rotatable bonds is 7. The van der Waals surface area contributed by atoms with E-state index >= 15 is 0 Å². The van der Waals surface area contributed by atoms with Crippen molar-refractivity contribution >= 4 is 12.4 Å². The van der Waals surface area contributed by atoms with Gasteiger partial charge < -0.3 is 5.32 Å². The van der Waals surface area contributed by atoms with Gasteiger partial charge in [0.15, 0.2) is 0 Å². The van der Waals surface area contributed by atoms with Gasteiger partial charge in [-0.05, 0) is 19.8 Å². The van der Waals surface area contributed by atoms with Crippen molar-refractivity contribution in [2.45, 2.75) is 53.9 Å². The van der Waals surface area contributed by atoms with Gasteiger partial charge in [0.05, 0.1) is 11.9 Å². The van der Waals surface area contributed by atoms with Crippen LogP contribution in [0.2, 0.25) is 0 Å². The topological polar surface area (TPSA) is 47.7 Å². The third kappa shape index (κ3) is 4.55. The highest BCUT2D eigenvalue weighted by Gasteiger charge is 2.13. The van der Waals surface area contributed by atoms with Gasteiger partial charge >= 0.3 is 0 Å². The van der Waals surface area contributed by atoms with E-state index in [0.29, 0.717) is 31.1 Å². The summed E-state index contributed by atoms with van der Waals surface area (Å²) in [5.74, 6) is 0.334. The third-order valence-electron chi connectivity index (χ3n) is 3.35. The highest BCUT2D eigenvalue weighted by Crippen LogP contribution is 2.12. The number of hydrogen-bond donors (Lipinski definition) is 1. The van der Waals surface area contributed by atoms with Crippen LogP contribution in [0, 0.1) is 18.8 Å². The van der Waals surface area contributed by atoms with E-state index in [1.807, 2.05) is 30.9 Å². The second-order valence-corrected chi connectivity index (χ2v) is 5.74. The van der Waals surface area contributed by atoms with E-state index in [0.717, 1.165) is 17.8 Å². The SMILES string of the molecule is CCn1nc(C)c(CNCc2cnn(CC(C)C)c2)c1F.Cl. The first-order valence-electron chi connectivity index (χ1n) is 7.45. The molecular formula is C15H25ClFN5. The molecule has 0 aliphatic heterocycles. The number of nitrogens with zero attached hydrogens (tertiary/aromatic N) is 4. The molecule has 124 valence electrons. The molecule has 0 aromatic carbocycles. The van der Waals surface area contributed by atoms with Crippen LogP contribution < -0.4 is 5.32 Å². The normalized spacial score (nSPS) is 11.0. The Morgan fingerprint density at radius 3 is 2.64 bits per heavy atom. The predicted molar refractivity (Wildman–Crippen MR) is 87.5 cm³/mol. The largest absolute Gasteiger partial charge is 0.308 e. The zero-order valence-electron chi connectivity index (χ0n) is 13.6. The van der Waals surface area contributed by atoms with Crippen molar-refractivity contribution < 1.29 is 4.39 Å². The van der Waals surface area contributed by atoms with Gasteiger partial charge in [-0.25, -0.2) is 4.68 Å². The van der Waals surface area contributed by atoms with Gasteiger partial charge in [0.1, 0.15) is 0 Å². The number of nitrogens with one attached hydrogen (secondary N) is 1. The second-order valence-electron chi connectivity index (χ2n) is 5.74. The van der Waals surface area contributed by atoms with Crippen molar-refractivity contribution in [2.75, 3.05) is 0 Å². The lowest BCUT2D eigenvalue weighted by Crippen LogP contribution is -2.14. The highest BCUT2D eigenvalue weighted by molar-refractivity contribution is 5.85. The summed E-state index contributed by atoms with van der Waals surface area (Å²) >= 11 is 0. The molecule has 5 nitrogen and oxygen atoms in total. The minimum atomic E-state index is -0.238. The fourth-order valence-corrected chi connectivity index (χ4v) is 2.30. The molecule has 2 heterocycles. The summed E-state index contributed by atoms with van der Waals surface area (Å²) in [7, 11) is 0. The summed E-state index contributed by atoms with van der Waals surface area (Å²) in [6.45, 7) is 10.7. The van der Waals surface area contributed by atoms with Crippen LogP contribution in [0.5, 0.6) is 0 Å². The molecule has 0 unspecified atom stereocenters. The quantitative estimate of drug-likeness (QED) is 0.849. The average Bonchev–Trinajstić information content (AvgIpc) is 2.96. The van der Waals surface area contributed by atoms with Crippen LogP contribution in [0.4, 0.5) is 4.39 Å². The molecule has 0 aliphatic carbocycles. The maximum atomic E-state index is 14.0. The molecule has 0 fully saturated rings. The Kier molecular flexibility index (Phi) is 7.03. The molecule has 0 bridgehead atoms. The maximum Gasteiger partial charge on any atom is 0.216 e. The van der Waals surface area contributed by atoms with E-state index in [-0.39, 0.29) is 18.4 Å². The van der Waals surface area contributed by atoms with Crippen molar-refractivity contribution in [3.8, 4) is 0 Å². The minimum Gasteiger partial charge on any atom is -0.308 e. The molecule has 0 spiro atoms. The number of halogens is 2. The maximum absolute atomic E-state index is 14.0. The molecule has 22 heavy (non-hydrogen) atoms. The Hall–Kier alpha value is -1.40. The van der Waals surface area contributed by atoms with E-state index in [4.69, 9.17) is 0 Å². The van der Waals surface area contributed by atoms with E-state index < -0.39 is 0 Å². The average molecular weight is 330 g/mol. The lowest BCUT2D eigenvalue weighted by molar-refractivity contribution is 0.460. The summed E-state index contributed by atoms with van der Waals surface area (Å²) in [4.78, 5) is 0. The summed E-state index contributed by atoms with van der Waals surface area (Å²) in [5, 5.41) is 11.8.